The highest BCUT2D eigenvalue weighted by Gasteiger charge is 2.29. The summed E-state index contributed by atoms with van der Waals surface area (Å²) in [6.45, 7) is 3.91. The summed E-state index contributed by atoms with van der Waals surface area (Å²) >= 11 is 0. The Hall–Kier alpha value is -3.08. The van der Waals surface area contributed by atoms with Crippen molar-refractivity contribution < 1.29 is 26.9 Å². The predicted octanol–water partition coefficient (Wildman–Crippen LogP) is 5.71. The van der Waals surface area contributed by atoms with Crippen molar-refractivity contribution in [3.8, 4) is 11.5 Å². The topological polar surface area (TPSA) is 97.2 Å². The van der Waals surface area contributed by atoms with Gasteiger partial charge in [0.25, 0.3) is 6.43 Å². The lowest BCUT2D eigenvalue weighted by Crippen LogP contribution is -2.30. The summed E-state index contributed by atoms with van der Waals surface area (Å²) in [6, 6.07) is 5.10. The number of anilines is 1. The molecule has 0 saturated carbocycles. The van der Waals surface area contributed by atoms with Gasteiger partial charge >= 0.3 is 0 Å². The maximum atomic E-state index is 14.8. The normalized spacial score (nSPS) is 22.3. The van der Waals surface area contributed by atoms with Gasteiger partial charge in [0.1, 0.15) is 23.6 Å². The van der Waals surface area contributed by atoms with Crippen molar-refractivity contribution in [2.24, 2.45) is 0 Å². The van der Waals surface area contributed by atoms with Crippen molar-refractivity contribution in [1.82, 2.24) is 9.97 Å². The van der Waals surface area contributed by atoms with Gasteiger partial charge in [-0.15, -0.1) is 0 Å². The van der Waals surface area contributed by atoms with E-state index in [1.165, 1.54) is 12.1 Å². The van der Waals surface area contributed by atoms with E-state index in [1.807, 2.05) is 0 Å². The van der Waals surface area contributed by atoms with Gasteiger partial charge in [0.2, 0.25) is 0 Å². The quantitative estimate of drug-likeness (QED) is 0.432. The van der Waals surface area contributed by atoms with Crippen LogP contribution in [0.25, 0.3) is 10.9 Å². The van der Waals surface area contributed by atoms with Crippen LogP contribution in [-0.4, -0.2) is 38.4 Å². The molecule has 3 aromatic rings. The van der Waals surface area contributed by atoms with E-state index >= 15 is 0 Å². The summed E-state index contributed by atoms with van der Waals surface area (Å²) in [5.41, 5.74) is 1.05. The van der Waals surface area contributed by atoms with E-state index in [1.54, 1.807) is 19.9 Å². The zero-order chi connectivity index (χ0) is 25.6. The number of ether oxygens (including phenoxy) is 2. The van der Waals surface area contributed by atoms with Crippen LogP contribution in [-0.2, 0) is 16.1 Å². The molecule has 36 heavy (non-hydrogen) atoms. The number of benzene rings is 2. The number of aromatic nitrogens is 2. The van der Waals surface area contributed by atoms with Gasteiger partial charge < -0.3 is 14.8 Å². The molecule has 0 unspecified atom stereocenters. The third-order valence-corrected chi connectivity index (χ3v) is 8.45. The van der Waals surface area contributed by atoms with E-state index in [9.17, 15) is 17.4 Å². The molecule has 1 aromatic heterocycles. The Morgan fingerprint density at radius 1 is 1.22 bits per heavy atom. The van der Waals surface area contributed by atoms with Crippen molar-refractivity contribution in [2.75, 3.05) is 23.4 Å². The van der Waals surface area contributed by atoms with E-state index in [2.05, 4.69) is 15.3 Å². The van der Waals surface area contributed by atoms with E-state index in [4.69, 9.17) is 14.3 Å². The third kappa shape index (κ3) is 4.68. The monoisotopic (exact) mass is 520 g/mol. The van der Waals surface area contributed by atoms with Crippen LogP contribution in [0.1, 0.15) is 54.7 Å². The zero-order valence-electron chi connectivity index (χ0n) is 19.9. The van der Waals surface area contributed by atoms with Gasteiger partial charge in [-0.1, -0.05) is 18.2 Å². The average molecular weight is 521 g/mol. The summed E-state index contributed by atoms with van der Waals surface area (Å²) in [5, 5.41) is 3.84. The second-order valence-electron chi connectivity index (χ2n) is 9.25. The first-order chi connectivity index (χ1) is 17.1. The standard InChI is InChI=1S/C25H27F3N4O3S/c1-13(16-4-3-5-17(21(16)26)24(27)28)30-25-19-12-20(35-15-7-10-36(29,33)11-8-15)23-18(6-9-34-23)22(19)31-14(2)32-25/h3-5,12-13,15,24,29H,6-11H2,1-2H3,(H,30,31,32)/t13-,15?,36?/m1/s1. The van der Waals surface area contributed by atoms with Gasteiger partial charge in [-0.25, -0.2) is 27.3 Å². The van der Waals surface area contributed by atoms with Crippen LogP contribution in [0.3, 0.4) is 0 Å². The molecule has 192 valence electrons. The number of hydrogen-bond acceptors (Lipinski definition) is 7. The molecule has 3 heterocycles. The fraction of sp³-hybridized carbons (Fsp3) is 0.440. The SMILES string of the molecule is Cc1nc(N[C@H](C)c2cccc(C(F)F)c2F)c2cc(OC3CCS(=N)(=O)CC3)c3c(c2n1)CCO3. The first-order valence-corrected chi connectivity index (χ1v) is 13.7. The lowest BCUT2D eigenvalue weighted by atomic mass is 10.0. The molecule has 0 bridgehead atoms. The molecule has 7 nitrogen and oxygen atoms in total. The van der Waals surface area contributed by atoms with E-state index in [0.717, 1.165) is 11.6 Å². The molecule has 11 heteroatoms. The van der Waals surface area contributed by atoms with Crippen molar-refractivity contribution in [2.45, 2.75) is 51.7 Å². The molecule has 5 rings (SSSR count). The Balaban J connectivity index is 1.53. The first kappa shape index (κ1) is 24.6. The highest BCUT2D eigenvalue weighted by atomic mass is 32.2. The Kier molecular flexibility index (Phi) is 6.44. The van der Waals surface area contributed by atoms with E-state index in [0.29, 0.717) is 71.4 Å². The molecule has 1 fully saturated rings. The number of fused-ring (bicyclic) bond motifs is 3. The molecule has 2 aromatic carbocycles. The van der Waals surface area contributed by atoms with Crippen LogP contribution in [0.5, 0.6) is 11.5 Å². The lowest BCUT2D eigenvalue weighted by Gasteiger charge is -2.26. The van der Waals surface area contributed by atoms with Crippen molar-refractivity contribution in [1.29, 1.82) is 4.78 Å². The summed E-state index contributed by atoms with van der Waals surface area (Å²) in [6.07, 6.45) is -1.44. The average Bonchev–Trinajstić information content (AvgIpc) is 3.31. The third-order valence-electron chi connectivity index (χ3n) is 6.66. The van der Waals surface area contributed by atoms with E-state index < -0.39 is 33.6 Å². The van der Waals surface area contributed by atoms with E-state index in [-0.39, 0.29) is 11.7 Å². The molecule has 2 aliphatic heterocycles. The maximum Gasteiger partial charge on any atom is 0.266 e. The van der Waals surface area contributed by atoms with Crippen LogP contribution < -0.4 is 14.8 Å². The van der Waals surface area contributed by atoms with Crippen LogP contribution in [0.15, 0.2) is 24.3 Å². The van der Waals surface area contributed by atoms with Gasteiger partial charge in [-0.05, 0) is 32.8 Å². The number of halogens is 3. The fourth-order valence-corrected chi connectivity index (χ4v) is 6.28. The number of aryl methyl sites for hydroxylation is 1. The van der Waals surface area contributed by atoms with Crippen molar-refractivity contribution in [3.05, 3.63) is 52.6 Å². The summed E-state index contributed by atoms with van der Waals surface area (Å²) in [4.78, 5) is 9.16. The zero-order valence-corrected chi connectivity index (χ0v) is 20.8. The van der Waals surface area contributed by atoms with Gasteiger partial charge in [0.15, 0.2) is 11.5 Å². The highest BCUT2D eigenvalue weighted by molar-refractivity contribution is 7.92. The van der Waals surface area contributed by atoms with Crippen LogP contribution in [0, 0.1) is 17.5 Å². The Labute approximate surface area is 207 Å². The van der Waals surface area contributed by atoms with Gasteiger partial charge in [-0.2, -0.15) is 0 Å². The first-order valence-electron chi connectivity index (χ1n) is 11.8. The molecule has 1 saturated heterocycles. The second-order valence-corrected chi connectivity index (χ2v) is 11.7. The molecular formula is C25H27F3N4O3S. The fourth-order valence-electron chi connectivity index (χ4n) is 4.79. The molecule has 0 spiro atoms. The lowest BCUT2D eigenvalue weighted by molar-refractivity contribution is 0.146. The highest BCUT2D eigenvalue weighted by Crippen LogP contribution is 2.43. The number of nitrogens with one attached hydrogen (secondary N) is 2. The molecule has 0 amide bonds. The molecule has 0 aliphatic carbocycles. The van der Waals surface area contributed by atoms with Crippen LogP contribution >= 0.6 is 0 Å². The summed E-state index contributed by atoms with van der Waals surface area (Å²) in [5.74, 6) is 1.72. The molecule has 1 atom stereocenters. The Bertz CT molecular complexity index is 1420. The summed E-state index contributed by atoms with van der Waals surface area (Å²) < 4.78 is 73.3. The minimum atomic E-state index is -2.91. The van der Waals surface area contributed by atoms with Crippen LogP contribution in [0.2, 0.25) is 0 Å². The molecule has 2 N–H and O–H groups in total. The van der Waals surface area contributed by atoms with Crippen molar-refractivity contribution in [3.63, 3.8) is 0 Å². The number of alkyl halides is 2. The summed E-state index contributed by atoms with van der Waals surface area (Å²) in [7, 11) is -2.54. The van der Waals surface area contributed by atoms with Gasteiger partial charge in [0.05, 0.1) is 23.7 Å². The smallest absolute Gasteiger partial charge is 0.266 e. The van der Waals surface area contributed by atoms with Crippen molar-refractivity contribution >= 4 is 26.4 Å². The Morgan fingerprint density at radius 3 is 2.67 bits per heavy atom. The molecular weight excluding hydrogens is 493 g/mol. The number of hydrogen-bond donors (Lipinski definition) is 2. The second kappa shape index (κ2) is 9.42. The molecule has 0 radical (unpaired) electrons. The molecule has 2 aliphatic rings. The maximum absolute atomic E-state index is 14.8. The number of nitrogens with zero attached hydrogens (tertiary/aromatic N) is 2. The number of rotatable bonds is 6. The van der Waals surface area contributed by atoms with Gasteiger partial charge in [-0.3, -0.25) is 4.78 Å². The largest absolute Gasteiger partial charge is 0.489 e. The van der Waals surface area contributed by atoms with Gasteiger partial charge in [0, 0.05) is 44.2 Å². The predicted molar refractivity (Wildman–Crippen MR) is 131 cm³/mol. The Morgan fingerprint density at radius 2 is 1.94 bits per heavy atom. The minimum absolute atomic E-state index is 0.111. The van der Waals surface area contributed by atoms with Crippen LogP contribution in [0.4, 0.5) is 19.0 Å². The minimum Gasteiger partial charge on any atom is -0.489 e.